The van der Waals surface area contributed by atoms with E-state index in [0.717, 1.165) is 0 Å². The highest BCUT2D eigenvalue weighted by Gasteiger charge is 2.30. The highest BCUT2D eigenvalue weighted by atomic mass is 31.2. The summed E-state index contributed by atoms with van der Waals surface area (Å²) in [5.41, 5.74) is 0. The zero-order valence-corrected chi connectivity index (χ0v) is 13.1. The molecule has 108 valence electrons. The number of carbonyl (C=O) groups excluding carboxylic acids is 1. The third-order valence-electron chi connectivity index (χ3n) is 2.72. The van der Waals surface area contributed by atoms with Crippen LogP contribution in [-0.4, -0.2) is 38.2 Å². The molecular formula is C12H26NO4P. The van der Waals surface area contributed by atoms with Gasteiger partial charge in [0.1, 0.15) is 6.04 Å². The van der Waals surface area contributed by atoms with Crippen molar-refractivity contribution in [1.29, 1.82) is 0 Å². The number of rotatable bonds is 8. The first-order valence-corrected chi connectivity index (χ1v) is 8.44. The summed E-state index contributed by atoms with van der Waals surface area (Å²) in [4.78, 5) is 11.7. The summed E-state index contributed by atoms with van der Waals surface area (Å²) in [6.45, 7) is 9.60. The molecule has 0 saturated heterocycles. The Morgan fingerprint density at radius 2 is 1.89 bits per heavy atom. The van der Waals surface area contributed by atoms with Crippen molar-refractivity contribution in [1.82, 2.24) is 5.32 Å². The van der Waals surface area contributed by atoms with Gasteiger partial charge in [-0.1, -0.05) is 13.8 Å². The maximum atomic E-state index is 12.2. The van der Waals surface area contributed by atoms with Crippen molar-refractivity contribution >= 4 is 13.3 Å². The molecule has 0 aromatic rings. The van der Waals surface area contributed by atoms with Gasteiger partial charge in [-0.15, -0.1) is 0 Å². The van der Waals surface area contributed by atoms with Crippen LogP contribution in [0.1, 0.15) is 34.1 Å². The van der Waals surface area contributed by atoms with Gasteiger partial charge in [0.15, 0.2) is 0 Å². The van der Waals surface area contributed by atoms with Gasteiger partial charge in [0.2, 0.25) is 7.37 Å². The average Bonchev–Trinajstić information content (AvgIpc) is 2.26. The smallest absolute Gasteiger partial charge is 0.322 e. The van der Waals surface area contributed by atoms with Crippen LogP contribution in [0, 0.1) is 5.92 Å². The maximum Gasteiger partial charge on any atom is 0.322 e. The van der Waals surface area contributed by atoms with Gasteiger partial charge < -0.3 is 9.26 Å². The van der Waals surface area contributed by atoms with Crippen LogP contribution >= 0.6 is 7.37 Å². The Balaban J connectivity index is 4.66. The molecular weight excluding hydrogens is 253 g/mol. The van der Waals surface area contributed by atoms with Crippen LogP contribution < -0.4 is 5.32 Å². The summed E-state index contributed by atoms with van der Waals surface area (Å²) >= 11 is 0. The Labute approximate surface area is 110 Å². The van der Waals surface area contributed by atoms with E-state index in [1.807, 2.05) is 13.8 Å². The maximum absolute atomic E-state index is 12.2. The van der Waals surface area contributed by atoms with Crippen LogP contribution in [0.25, 0.3) is 0 Å². The highest BCUT2D eigenvalue weighted by molar-refractivity contribution is 7.58. The second kappa shape index (κ2) is 7.93. The number of methoxy groups -OCH3 is 1. The molecule has 0 radical (unpaired) electrons. The van der Waals surface area contributed by atoms with Crippen LogP contribution in [0.5, 0.6) is 0 Å². The van der Waals surface area contributed by atoms with Crippen LogP contribution in [0.3, 0.4) is 0 Å². The van der Waals surface area contributed by atoms with E-state index in [1.165, 1.54) is 7.11 Å². The predicted molar refractivity (Wildman–Crippen MR) is 73.0 cm³/mol. The van der Waals surface area contributed by atoms with E-state index in [1.54, 1.807) is 20.5 Å². The van der Waals surface area contributed by atoms with Crippen molar-refractivity contribution in [2.45, 2.75) is 45.9 Å². The van der Waals surface area contributed by atoms with Crippen molar-refractivity contribution < 1.29 is 18.6 Å². The van der Waals surface area contributed by atoms with E-state index in [2.05, 4.69) is 5.32 Å². The average molecular weight is 279 g/mol. The van der Waals surface area contributed by atoms with E-state index in [9.17, 15) is 9.36 Å². The molecule has 1 N–H and O–H groups in total. The summed E-state index contributed by atoms with van der Waals surface area (Å²) in [6, 6.07) is -0.446. The Kier molecular flexibility index (Phi) is 7.76. The monoisotopic (exact) mass is 279 g/mol. The Morgan fingerprint density at radius 1 is 1.33 bits per heavy atom. The lowest BCUT2D eigenvalue weighted by Crippen LogP contribution is -2.43. The first-order chi connectivity index (χ1) is 8.24. The molecule has 3 unspecified atom stereocenters. The molecule has 0 aliphatic rings. The van der Waals surface area contributed by atoms with Gasteiger partial charge in [-0.3, -0.25) is 14.7 Å². The fourth-order valence-corrected chi connectivity index (χ4v) is 2.83. The van der Waals surface area contributed by atoms with Crippen molar-refractivity contribution in [3.05, 3.63) is 0 Å². The predicted octanol–water partition coefficient (Wildman–Crippen LogP) is 2.45. The summed E-state index contributed by atoms with van der Waals surface area (Å²) in [6.07, 6.45) is 0.642. The third-order valence-corrected chi connectivity index (χ3v) is 5.05. The van der Waals surface area contributed by atoms with Crippen molar-refractivity contribution in [2.75, 3.05) is 20.4 Å². The van der Waals surface area contributed by atoms with Gasteiger partial charge >= 0.3 is 5.97 Å². The highest BCUT2D eigenvalue weighted by Crippen LogP contribution is 2.46. The number of hydrogen-bond donors (Lipinski definition) is 1. The fourth-order valence-electron chi connectivity index (χ4n) is 1.64. The summed E-state index contributed by atoms with van der Waals surface area (Å²) in [7, 11) is -1.39. The third kappa shape index (κ3) is 5.98. The molecule has 3 atom stereocenters. The summed E-state index contributed by atoms with van der Waals surface area (Å²) in [5.74, 6) is -0.357. The molecule has 0 amide bonds. The van der Waals surface area contributed by atoms with Crippen LogP contribution in [-0.2, 0) is 18.6 Å². The second-order valence-electron chi connectivity index (χ2n) is 4.87. The Bertz CT molecular complexity index is 306. The van der Waals surface area contributed by atoms with Gasteiger partial charge in [0.25, 0.3) is 0 Å². The minimum absolute atomic E-state index is 0.327. The van der Waals surface area contributed by atoms with Crippen LogP contribution in [0.4, 0.5) is 0 Å². The zero-order valence-electron chi connectivity index (χ0n) is 12.2. The van der Waals surface area contributed by atoms with Gasteiger partial charge in [0, 0.05) is 6.66 Å². The topological polar surface area (TPSA) is 64.6 Å². The lowest BCUT2D eigenvalue weighted by molar-refractivity contribution is -0.143. The van der Waals surface area contributed by atoms with E-state index in [4.69, 9.17) is 9.26 Å². The molecule has 0 fully saturated rings. The van der Waals surface area contributed by atoms with Gasteiger partial charge in [-0.25, -0.2) is 0 Å². The minimum atomic E-state index is -2.75. The quantitative estimate of drug-likeness (QED) is 0.546. The Hall–Kier alpha value is -0.380. The molecule has 0 aromatic heterocycles. The molecule has 0 heterocycles. The molecule has 6 heteroatoms. The molecule has 0 aromatic carbocycles. The van der Waals surface area contributed by atoms with Crippen LogP contribution in [0.15, 0.2) is 0 Å². The molecule has 0 bridgehead atoms. The first-order valence-electron chi connectivity index (χ1n) is 6.30. The van der Waals surface area contributed by atoms with E-state index in [0.29, 0.717) is 18.9 Å². The number of nitrogens with one attached hydrogen (secondary N) is 1. The number of hydrogen-bond acceptors (Lipinski definition) is 5. The normalized spacial score (nSPS) is 18.2. The lowest BCUT2D eigenvalue weighted by atomic mass is 10.0. The Morgan fingerprint density at radius 3 is 2.28 bits per heavy atom. The van der Waals surface area contributed by atoms with Crippen LogP contribution in [0.2, 0.25) is 0 Å². The zero-order chi connectivity index (χ0) is 14.3. The fraction of sp³-hybridized carbons (Fsp3) is 0.917. The van der Waals surface area contributed by atoms with Gasteiger partial charge in [-0.2, -0.15) is 0 Å². The van der Waals surface area contributed by atoms with E-state index >= 15 is 0 Å². The number of ether oxygens (including phenoxy) is 1. The van der Waals surface area contributed by atoms with Crippen molar-refractivity contribution in [3.8, 4) is 0 Å². The molecule has 0 aliphatic carbocycles. The minimum Gasteiger partial charge on any atom is -0.468 e. The first kappa shape index (κ1) is 17.6. The molecule has 0 aliphatic heterocycles. The van der Waals surface area contributed by atoms with E-state index in [-0.39, 0.29) is 11.8 Å². The van der Waals surface area contributed by atoms with E-state index < -0.39 is 13.4 Å². The molecule has 5 nitrogen and oxygen atoms in total. The largest absolute Gasteiger partial charge is 0.468 e. The number of carbonyl (C=O) groups is 1. The molecule has 0 saturated carbocycles. The second-order valence-corrected chi connectivity index (χ2v) is 7.72. The molecule has 18 heavy (non-hydrogen) atoms. The van der Waals surface area contributed by atoms with Crippen molar-refractivity contribution in [2.24, 2.45) is 5.92 Å². The summed E-state index contributed by atoms with van der Waals surface area (Å²) < 4.78 is 22.2. The van der Waals surface area contributed by atoms with Crippen molar-refractivity contribution in [3.63, 3.8) is 0 Å². The molecule has 0 spiro atoms. The standard InChI is InChI=1S/C12H26NO4P/c1-7-17-18(6,15)10(4)13-11(8-9(2)3)12(14)16-5/h9-11,13H,7-8H2,1-6H3. The van der Waals surface area contributed by atoms with Gasteiger partial charge in [-0.05, 0) is 26.2 Å². The van der Waals surface area contributed by atoms with Gasteiger partial charge in [0.05, 0.1) is 19.5 Å². The molecule has 0 rings (SSSR count). The SMILES string of the molecule is CCOP(C)(=O)C(C)NC(CC(C)C)C(=O)OC. The summed E-state index contributed by atoms with van der Waals surface area (Å²) in [5, 5.41) is 3.06. The number of esters is 1. The lowest BCUT2D eigenvalue weighted by Gasteiger charge is -2.26.